The van der Waals surface area contributed by atoms with E-state index in [0.717, 1.165) is 25.9 Å². The number of aromatic nitrogens is 2. The normalized spacial score (nSPS) is 25.7. The van der Waals surface area contributed by atoms with Crippen molar-refractivity contribution in [2.24, 2.45) is 5.41 Å². The Morgan fingerprint density at radius 1 is 1.42 bits per heavy atom. The number of nitrogens with one attached hydrogen (secondary N) is 1. The molecule has 0 spiro atoms. The Kier molecular flexibility index (Phi) is 3.97. The van der Waals surface area contributed by atoms with Crippen molar-refractivity contribution >= 4 is 0 Å². The summed E-state index contributed by atoms with van der Waals surface area (Å²) < 4.78 is 11.1. The largest absolute Gasteiger partial charge is 0.367 e. The Hall–Kier alpha value is -0.940. The molecule has 1 aromatic heterocycles. The molecule has 2 rings (SSSR count). The van der Waals surface area contributed by atoms with Gasteiger partial charge in [-0.25, -0.2) is 0 Å². The van der Waals surface area contributed by atoms with Crippen molar-refractivity contribution in [3.8, 4) is 0 Å². The van der Waals surface area contributed by atoms with E-state index in [2.05, 4.69) is 36.2 Å². The number of ether oxygens (including phenoxy) is 1. The molecule has 1 saturated heterocycles. The van der Waals surface area contributed by atoms with Gasteiger partial charge < -0.3 is 14.6 Å². The van der Waals surface area contributed by atoms with Crippen molar-refractivity contribution in [1.82, 2.24) is 15.5 Å². The Morgan fingerprint density at radius 2 is 2.16 bits per heavy atom. The summed E-state index contributed by atoms with van der Waals surface area (Å²) in [7, 11) is 1.97. The predicted molar refractivity (Wildman–Crippen MR) is 72.8 cm³/mol. The number of nitrogens with zero attached hydrogens (tertiary/aromatic N) is 2. The van der Waals surface area contributed by atoms with Crippen LogP contribution in [0.5, 0.6) is 0 Å². The van der Waals surface area contributed by atoms with Gasteiger partial charge in [0.1, 0.15) is 5.60 Å². The van der Waals surface area contributed by atoms with E-state index in [1.165, 1.54) is 0 Å². The number of hydrogen-bond acceptors (Lipinski definition) is 5. The van der Waals surface area contributed by atoms with Crippen molar-refractivity contribution in [3.05, 3.63) is 11.7 Å². The van der Waals surface area contributed by atoms with Gasteiger partial charge in [0.2, 0.25) is 11.7 Å². The van der Waals surface area contributed by atoms with Gasteiger partial charge in [0.25, 0.3) is 0 Å². The third kappa shape index (κ3) is 3.15. The maximum absolute atomic E-state index is 5.74. The summed E-state index contributed by atoms with van der Waals surface area (Å²) in [6.07, 6.45) is 2.76. The van der Waals surface area contributed by atoms with Gasteiger partial charge in [-0.2, -0.15) is 4.98 Å². The van der Waals surface area contributed by atoms with Crippen LogP contribution >= 0.6 is 0 Å². The highest BCUT2D eigenvalue weighted by Crippen LogP contribution is 2.33. The first-order valence-corrected chi connectivity index (χ1v) is 6.99. The van der Waals surface area contributed by atoms with Crippen molar-refractivity contribution in [3.63, 3.8) is 0 Å². The fourth-order valence-electron chi connectivity index (χ4n) is 2.52. The lowest BCUT2D eigenvalue weighted by Gasteiger charge is -2.29. The molecule has 0 bridgehead atoms. The van der Waals surface area contributed by atoms with Gasteiger partial charge in [-0.05, 0) is 32.2 Å². The maximum Gasteiger partial charge on any atom is 0.228 e. The second kappa shape index (κ2) is 5.21. The van der Waals surface area contributed by atoms with Crippen molar-refractivity contribution < 1.29 is 9.26 Å². The molecule has 1 aromatic rings. The Morgan fingerprint density at radius 3 is 2.68 bits per heavy atom. The minimum atomic E-state index is -0.362. The molecule has 1 fully saturated rings. The molecule has 108 valence electrons. The summed E-state index contributed by atoms with van der Waals surface area (Å²) in [6.45, 7) is 9.42. The van der Waals surface area contributed by atoms with Crippen LogP contribution in [0.2, 0.25) is 0 Å². The maximum atomic E-state index is 5.74. The highest BCUT2D eigenvalue weighted by Gasteiger charge is 2.37. The summed E-state index contributed by atoms with van der Waals surface area (Å²) in [5.74, 6) is 1.37. The van der Waals surface area contributed by atoms with Gasteiger partial charge in [0, 0.05) is 19.1 Å². The Labute approximate surface area is 115 Å². The van der Waals surface area contributed by atoms with Crippen LogP contribution in [0, 0.1) is 5.41 Å². The molecule has 0 amide bonds. The molecule has 0 aliphatic carbocycles. The molecule has 0 saturated carbocycles. The first-order valence-electron chi connectivity index (χ1n) is 6.99. The van der Waals surface area contributed by atoms with Crippen LogP contribution in [0.25, 0.3) is 0 Å². The van der Waals surface area contributed by atoms with Crippen molar-refractivity contribution in [2.45, 2.75) is 58.6 Å². The van der Waals surface area contributed by atoms with E-state index in [4.69, 9.17) is 9.26 Å². The molecule has 2 heterocycles. The molecule has 1 N–H and O–H groups in total. The van der Waals surface area contributed by atoms with E-state index in [9.17, 15) is 0 Å². The average molecular weight is 267 g/mol. The van der Waals surface area contributed by atoms with Crippen LogP contribution < -0.4 is 5.32 Å². The SMILES string of the molecule is CNC(Cc1nc(C2(C)CCCO2)no1)C(C)(C)C. The zero-order valence-corrected chi connectivity index (χ0v) is 12.6. The van der Waals surface area contributed by atoms with Crippen molar-refractivity contribution in [2.75, 3.05) is 13.7 Å². The van der Waals surface area contributed by atoms with Crippen LogP contribution in [0.3, 0.4) is 0 Å². The molecule has 19 heavy (non-hydrogen) atoms. The van der Waals surface area contributed by atoms with Gasteiger partial charge >= 0.3 is 0 Å². The fraction of sp³-hybridized carbons (Fsp3) is 0.857. The molecular formula is C14H25N3O2. The molecule has 2 unspecified atom stereocenters. The lowest BCUT2D eigenvalue weighted by atomic mass is 9.85. The summed E-state index contributed by atoms with van der Waals surface area (Å²) in [5, 5.41) is 7.42. The van der Waals surface area contributed by atoms with E-state index in [0.29, 0.717) is 17.8 Å². The second-order valence-electron chi connectivity index (χ2n) is 6.61. The molecular weight excluding hydrogens is 242 g/mol. The monoisotopic (exact) mass is 267 g/mol. The standard InChI is InChI=1S/C14H25N3O2/c1-13(2,3)10(15-5)9-11-16-12(17-19-11)14(4)7-6-8-18-14/h10,15H,6-9H2,1-5H3. The Bertz CT molecular complexity index is 417. The van der Waals surface area contributed by atoms with E-state index >= 15 is 0 Å². The third-order valence-corrected chi connectivity index (χ3v) is 3.93. The van der Waals surface area contributed by atoms with Crippen LogP contribution in [0.1, 0.15) is 52.3 Å². The van der Waals surface area contributed by atoms with Crippen LogP contribution in [-0.2, 0) is 16.8 Å². The quantitative estimate of drug-likeness (QED) is 0.906. The zero-order valence-electron chi connectivity index (χ0n) is 12.6. The summed E-state index contributed by atoms with van der Waals surface area (Å²) >= 11 is 0. The van der Waals surface area contributed by atoms with E-state index in [1.807, 2.05) is 14.0 Å². The lowest BCUT2D eigenvalue weighted by molar-refractivity contribution is 0.00768. The van der Waals surface area contributed by atoms with Gasteiger partial charge in [-0.15, -0.1) is 0 Å². The van der Waals surface area contributed by atoms with Gasteiger partial charge in [-0.1, -0.05) is 25.9 Å². The van der Waals surface area contributed by atoms with Gasteiger partial charge in [0.15, 0.2) is 0 Å². The van der Waals surface area contributed by atoms with Crippen LogP contribution in [-0.4, -0.2) is 29.8 Å². The van der Waals surface area contributed by atoms with E-state index in [1.54, 1.807) is 0 Å². The highest BCUT2D eigenvalue weighted by molar-refractivity contribution is 5.02. The van der Waals surface area contributed by atoms with Gasteiger partial charge in [0.05, 0.1) is 0 Å². The average Bonchev–Trinajstić information content (AvgIpc) is 2.94. The summed E-state index contributed by atoms with van der Waals surface area (Å²) in [6, 6.07) is 0.304. The number of rotatable bonds is 4. The van der Waals surface area contributed by atoms with Crippen LogP contribution in [0.4, 0.5) is 0 Å². The molecule has 1 aliphatic rings. The fourth-order valence-corrected chi connectivity index (χ4v) is 2.52. The molecule has 1 aliphatic heterocycles. The molecule has 5 heteroatoms. The van der Waals surface area contributed by atoms with E-state index in [-0.39, 0.29) is 11.0 Å². The first kappa shape index (κ1) is 14.5. The second-order valence-corrected chi connectivity index (χ2v) is 6.61. The van der Waals surface area contributed by atoms with Crippen LogP contribution in [0.15, 0.2) is 4.52 Å². The molecule has 2 atom stereocenters. The minimum absolute atomic E-state index is 0.150. The minimum Gasteiger partial charge on any atom is -0.367 e. The molecule has 0 aromatic carbocycles. The van der Waals surface area contributed by atoms with Crippen molar-refractivity contribution in [1.29, 1.82) is 0 Å². The summed E-state index contributed by atoms with van der Waals surface area (Å²) in [4.78, 5) is 4.52. The third-order valence-electron chi connectivity index (χ3n) is 3.93. The van der Waals surface area contributed by atoms with Gasteiger partial charge in [-0.3, -0.25) is 0 Å². The number of hydrogen-bond donors (Lipinski definition) is 1. The topological polar surface area (TPSA) is 60.2 Å². The number of likely N-dealkylation sites (N-methyl/N-ethyl adjacent to an activating group) is 1. The Balaban J connectivity index is 2.09. The highest BCUT2D eigenvalue weighted by atomic mass is 16.5. The molecule has 0 radical (unpaired) electrons. The lowest BCUT2D eigenvalue weighted by Crippen LogP contribution is -2.39. The summed E-state index contributed by atoms with van der Waals surface area (Å²) in [5.41, 5.74) is -0.213. The molecule has 5 nitrogen and oxygen atoms in total. The predicted octanol–water partition coefficient (Wildman–Crippen LogP) is 2.27. The zero-order chi connectivity index (χ0) is 14.1. The smallest absolute Gasteiger partial charge is 0.228 e. The first-order chi connectivity index (χ1) is 8.85. The van der Waals surface area contributed by atoms with E-state index < -0.39 is 0 Å².